The van der Waals surface area contributed by atoms with Crippen molar-refractivity contribution in [1.82, 2.24) is 5.32 Å². The fourth-order valence-corrected chi connectivity index (χ4v) is 1.51. The summed E-state index contributed by atoms with van der Waals surface area (Å²) in [6, 6.07) is 5.42. The van der Waals surface area contributed by atoms with Crippen molar-refractivity contribution in [1.29, 1.82) is 0 Å². The molecule has 1 heterocycles. The normalized spacial score (nSPS) is 16.6. The Morgan fingerprint density at radius 1 is 1.54 bits per heavy atom. The van der Waals surface area contributed by atoms with Gasteiger partial charge in [-0.25, -0.2) is 0 Å². The fourth-order valence-electron chi connectivity index (χ4n) is 1.51. The number of carbonyl (C=O) groups excluding carboxylic acids is 1. The van der Waals surface area contributed by atoms with Gasteiger partial charge in [0, 0.05) is 12.1 Å². The van der Waals surface area contributed by atoms with E-state index in [1.165, 1.54) is 0 Å². The summed E-state index contributed by atoms with van der Waals surface area (Å²) in [4.78, 5) is 11.2. The minimum atomic E-state index is -0.471. The highest BCUT2D eigenvalue weighted by Crippen LogP contribution is 2.20. The topological polar surface area (TPSA) is 49.3 Å². The number of fused-ring (bicyclic) bond motifs is 1. The third-order valence-corrected chi connectivity index (χ3v) is 2.30. The van der Waals surface area contributed by atoms with Crippen molar-refractivity contribution in [2.24, 2.45) is 0 Å². The SMILES string of the molecule is C[C@@H](O)c1ccc2c(c1)CNC2=O. The van der Waals surface area contributed by atoms with Crippen LogP contribution >= 0.6 is 0 Å². The quantitative estimate of drug-likeness (QED) is 0.671. The molecule has 68 valence electrons. The number of nitrogens with one attached hydrogen (secondary N) is 1. The molecule has 1 aromatic carbocycles. The zero-order valence-corrected chi connectivity index (χ0v) is 7.37. The maximum Gasteiger partial charge on any atom is 0.251 e. The van der Waals surface area contributed by atoms with Gasteiger partial charge in [0.1, 0.15) is 0 Å². The lowest BCUT2D eigenvalue weighted by molar-refractivity contribution is 0.0965. The van der Waals surface area contributed by atoms with E-state index >= 15 is 0 Å². The molecule has 0 aliphatic carbocycles. The van der Waals surface area contributed by atoms with Gasteiger partial charge in [0.05, 0.1) is 6.10 Å². The fraction of sp³-hybridized carbons (Fsp3) is 0.300. The van der Waals surface area contributed by atoms with Crippen LogP contribution in [-0.4, -0.2) is 11.0 Å². The van der Waals surface area contributed by atoms with E-state index in [1.807, 2.05) is 6.07 Å². The molecule has 0 aromatic heterocycles. The second kappa shape index (κ2) is 2.85. The maximum absolute atomic E-state index is 11.2. The minimum absolute atomic E-state index is 0.0212. The van der Waals surface area contributed by atoms with Gasteiger partial charge in [-0.05, 0) is 24.1 Å². The summed E-state index contributed by atoms with van der Waals surface area (Å²) >= 11 is 0. The molecule has 1 amide bonds. The number of hydrogen-bond acceptors (Lipinski definition) is 2. The number of rotatable bonds is 1. The molecule has 3 heteroatoms. The molecule has 0 saturated carbocycles. The van der Waals surface area contributed by atoms with Crippen LogP contribution in [0.4, 0.5) is 0 Å². The van der Waals surface area contributed by atoms with Gasteiger partial charge in [0.2, 0.25) is 0 Å². The van der Waals surface area contributed by atoms with Crippen molar-refractivity contribution in [2.75, 3.05) is 0 Å². The monoisotopic (exact) mass is 177 g/mol. The molecule has 2 rings (SSSR count). The number of hydrogen-bond donors (Lipinski definition) is 2. The van der Waals surface area contributed by atoms with Gasteiger partial charge in [-0.2, -0.15) is 0 Å². The molecular formula is C10H11NO2. The van der Waals surface area contributed by atoms with Crippen LogP contribution in [0.3, 0.4) is 0 Å². The van der Waals surface area contributed by atoms with E-state index in [1.54, 1.807) is 19.1 Å². The van der Waals surface area contributed by atoms with Crippen molar-refractivity contribution < 1.29 is 9.90 Å². The standard InChI is InChI=1S/C10H11NO2/c1-6(12)7-2-3-9-8(4-7)5-11-10(9)13/h2-4,6,12H,5H2,1H3,(H,11,13)/t6-/m1/s1. The van der Waals surface area contributed by atoms with Crippen LogP contribution in [0.15, 0.2) is 18.2 Å². The highest BCUT2D eigenvalue weighted by atomic mass is 16.3. The van der Waals surface area contributed by atoms with Crippen LogP contribution in [0.25, 0.3) is 0 Å². The average Bonchev–Trinajstić information content (AvgIpc) is 2.47. The van der Waals surface area contributed by atoms with E-state index in [-0.39, 0.29) is 5.91 Å². The van der Waals surface area contributed by atoms with Crippen LogP contribution in [0.5, 0.6) is 0 Å². The van der Waals surface area contributed by atoms with Crippen molar-refractivity contribution in [3.8, 4) is 0 Å². The zero-order valence-electron chi connectivity index (χ0n) is 7.37. The molecule has 3 nitrogen and oxygen atoms in total. The first-order valence-electron chi connectivity index (χ1n) is 4.27. The van der Waals surface area contributed by atoms with E-state index < -0.39 is 6.10 Å². The second-order valence-electron chi connectivity index (χ2n) is 3.28. The van der Waals surface area contributed by atoms with E-state index in [0.29, 0.717) is 6.54 Å². The molecule has 1 atom stereocenters. The Hall–Kier alpha value is -1.35. The summed E-state index contributed by atoms with van der Waals surface area (Å²) in [5.41, 5.74) is 2.56. The van der Waals surface area contributed by atoms with E-state index in [9.17, 15) is 9.90 Å². The molecule has 2 N–H and O–H groups in total. The molecular weight excluding hydrogens is 166 g/mol. The first-order valence-corrected chi connectivity index (χ1v) is 4.27. The first kappa shape index (κ1) is 8.26. The summed E-state index contributed by atoms with van der Waals surface area (Å²) in [6.07, 6.45) is -0.471. The zero-order chi connectivity index (χ0) is 9.42. The lowest BCUT2D eigenvalue weighted by Gasteiger charge is -2.05. The lowest BCUT2D eigenvalue weighted by Crippen LogP contribution is -2.12. The van der Waals surface area contributed by atoms with Crippen molar-refractivity contribution in [2.45, 2.75) is 19.6 Å². The van der Waals surface area contributed by atoms with Crippen molar-refractivity contribution >= 4 is 5.91 Å². The molecule has 1 aliphatic rings. The Morgan fingerprint density at radius 3 is 3.00 bits per heavy atom. The average molecular weight is 177 g/mol. The predicted molar refractivity (Wildman–Crippen MR) is 48.2 cm³/mol. The van der Waals surface area contributed by atoms with Crippen molar-refractivity contribution in [3.05, 3.63) is 34.9 Å². The molecule has 0 radical (unpaired) electrons. The first-order chi connectivity index (χ1) is 6.18. The number of aliphatic hydroxyl groups excluding tert-OH is 1. The summed E-state index contributed by atoms with van der Waals surface area (Å²) in [7, 11) is 0. The lowest BCUT2D eigenvalue weighted by atomic mass is 10.0. The van der Waals surface area contributed by atoms with Gasteiger partial charge in [0.15, 0.2) is 0 Å². The Kier molecular flexibility index (Phi) is 1.81. The Labute approximate surface area is 76.4 Å². The van der Waals surface area contributed by atoms with E-state index in [0.717, 1.165) is 16.7 Å². The highest BCUT2D eigenvalue weighted by molar-refractivity contribution is 5.98. The molecule has 1 aromatic rings. The second-order valence-corrected chi connectivity index (χ2v) is 3.28. The van der Waals surface area contributed by atoms with E-state index in [4.69, 9.17) is 0 Å². The number of carbonyl (C=O) groups is 1. The minimum Gasteiger partial charge on any atom is -0.389 e. The molecule has 0 unspecified atom stereocenters. The van der Waals surface area contributed by atoms with Gasteiger partial charge in [-0.1, -0.05) is 12.1 Å². The molecule has 0 fully saturated rings. The van der Waals surface area contributed by atoms with Crippen LogP contribution in [-0.2, 0) is 6.54 Å². The summed E-state index contributed by atoms with van der Waals surface area (Å²) in [6.45, 7) is 2.29. The van der Waals surface area contributed by atoms with Gasteiger partial charge < -0.3 is 10.4 Å². The van der Waals surface area contributed by atoms with Gasteiger partial charge in [0.25, 0.3) is 5.91 Å². The summed E-state index contributed by atoms with van der Waals surface area (Å²) < 4.78 is 0. The van der Waals surface area contributed by atoms with Gasteiger partial charge in [-0.3, -0.25) is 4.79 Å². The number of benzene rings is 1. The third kappa shape index (κ3) is 1.31. The maximum atomic E-state index is 11.2. The largest absolute Gasteiger partial charge is 0.389 e. The Morgan fingerprint density at radius 2 is 2.31 bits per heavy atom. The third-order valence-electron chi connectivity index (χ3n) is 2.30. The molecule has 1 aliphatic heterocycles. The summed E-state index contributed by atoms with van der Waals surface area (Å²) in [5.74, 6) is -0.0212. The summed E-state index contributed by atoms with van der Waals surface area (Å²) in [5, 5.41) is 12.0. The molecule has 13 heavy (non-hydrogen) atoms. The molecule has 0 spiro atoms. The predicted octanol–water partition coefficient (Wildman–Crippen LogP) is 0.983. The number of aliphatic hydroxyl groups is 1. The Bertz CT molecular complexity index is 358. The van der Waals surface area contributed by atoms with Crippen LogP contribution in [0, 0.1) is 0 Å². The van der Waals surface area contributed by atoms with Crippen molar-refractivity contribution in [3.63, 3.8) is 0 Å². The van der Waals surface area contributed by atoms with Gasteiger partial charge >= 0.3 is 0 Å². The van der Waals surface area contributed by atoms with Crippen LogP contribution in [0.2, 0.25) is 0 Å². The van der Waals surface area contributed by atoms with E-state index in [2.05, 4.69) is 5.32 Å². The van der Waals surface area contributed by atoms with Crippen LogP contribution < -0.4 is 5.32 Å². The van der Waals surface area contributed by atoms with Gasteiger partial charge in [-0.15, -0.1) is 0 Å². The smallest absolute Gasteiger partial charge is 0.251 e. The molecule has 0 saturated heterocycles. The number of amides is 1. The highest BCUT2D eigenvalue weighted by Gasteiger charge is 2.18. The van der Waals surface area contributed by atoms with Crippen LogP contribution in [0.1, 0.15) is 34.5 Å². The molecule has 0 bridgehead atoms. The Balaban J connectivity index is 2.45.